The lowest BCUT2D eigenvalue weighted by Gasteiger charge is -2.27. The molecule has 0 amide bonds. The second kappa shape index (κ2) is 5.66. The second-order valence-corrected chi connectivity index (χ2v) is 4.56. The fourth-order valence-electron chi connectivity index (χ4n) is 2.09. The van der Waals surface area contributed by atoms with E-state index < -0.39 is 36.5 Å². The number of esters is 1. The monoisotopic (exact) mass is 268 g/mol. The average Bonchev–Trinajstić information content (AvgIpc) is 2.76. The Bertz CT molecular complexity index is 434. The Kier molecular flexibility index (Phi) is 4.16. The molecule has 0 aliphatic carbocycles. The molecule has 1 aliphatic rings. The number of rotatable bonds is 4. The van der Waals surface area contributed by atoms with Crippen LogP contribution >= 0.6 is 0 Å². The van der Waals surface area contributed by atoms with Gasteiger partial charge < -0.3 is 25.2 Å². The Hall–Kier alpha value is -1.47. The summed E-state index contributed by atoms with van der Waals surface area (Å²) in [5.41, 5.74) is 0.424. The number of hydrogen-bond acceptors (Lipinski definition) is 6. The summed E-state index contributed by atoms with van der Waals surface area (Å²) in [5, 5.41) is 39.3. The number of aliphatic hydroxyl groups excluding tert-OH is 4. The van der Waals surface area contributed by atoms with E-state index in [0.29, 0.717) is 5.56 Å². The van der Waals surface area contributed by atoms with Crippen molar-refractivity contribution in [2.24, 2.45) is 0 Å². The average molecular weight is 268 g/mol. The van der Waals surface area contributed by atoms with Crippen molar-refractivity contribution < 1.29 is 30.0 Å². The van der Waals surface area contributed by atoms with E-state index in [0.717, 1.165) is 0 Å². The molecule has 0 unspecified atom stereocenters. The van der Waals surface area contributed by atoms with Crippen molar-refractivity contribution in [3.63, 3.8) is 0 Å². The van der Waals surface area contributed by atoms with Crippen LogP contribution in [0.1, 0.15) is 18.1 Å². The van der Waals surface area contributed by atoms with E-state index in [1.54, 1.807) is 30.3 Å². The Morgan fingerprint density at radius 1 is 1.16 bits per heavy atom. The quantitative estimate of drug-likeness (QED) is 0.528. The summed E-state index contributed by atoms with van der Waals surface area (Å²) in [6.07, 6.45) is -7.08. The molecule has 1 fully saturated rings. The molecule has 0 bridgehead atoms. The van der Waals surface area contributed by atoms with E-state index in [1.165, 1.54) is 0 Å². The van der Waals surface area contributed by atoms with Crippen LogP contribution in [-0.2, 0) is 9.53 Å². The minimum Gasteiger partial charge on any atom is -0.457 e. The van der Waals surface area contributed by atoms with Gasteiger partial charge in [-0.05, 0) is 5.56 Å². The number of ether oxygens (including phenoxy) is 1. The van der Waals surface area contributed by atoms with Crippen LogP contribution in [0.25, 0.3) is 0 Å². The molecule has 104 valence electrons. The van der Waals surface area contributed by atoms with Crippen LogP contribution in [0.2, 0.25) is 0 Å². The summed E-state index contributed by atoms with van der Waals surface area (Å²) < 4.78 is 4.73. The third-order valence-electron chi connectivity index (χ3n) is 3.17. The smallest absolute Gasteiger partial charge is 0.309 e. The van der Waals surface area contributed by atoms with E-state index in [2.05, 4.69) is 0 Å². The van der Waals surface area contributed by atoms with Gasteiger partial charge in [0.25, 0.3) is 0 Å². The highest BCUT2D eigenvalue weighted by Crippen LogP contribution is 2.25. The van der Waals surface area contributed by atoms with Crippen molar-refractivity contribution in [3.05, 3.63) is 35.9 Å². The summed E-state index contributed by atoms with van der Waals surface area (Å²) in [5.74, 6) is -0.641. The van der Waals surface area contributed by atoms with E-state index in [9.17, 15) is 25.2 Å². The van der Waals surface area contributed by atoms with Crippen molar-refractivity contribution in [3.8, 4) is 0 Å². The number of carbonyl (C=O) groups is 1. The summed E-state index contributed by atoms with van der Waals surface area (Å²) in [6.45, 7) is 0. The predicted molar refractivity (Wildman–Crippen MR) is 63.9 cm³/mol. The maximum Gasteiger partial charge on any atom is 0.309 e. The number of carbonyl (C=O) groups excluding carboxylic acids is 1. The van der Waals surface area contributed by atoms with Gasteiger partial charge in [0, 0.05) is 0 Å². The number of cyclic esters (lactones) is 1. The summed E-state index contributed by atoms with van der Waals surface area (Å²) in [6, 6.07) is 8.31. The minimum atomic E-state index is -1.56. The lowest BCUT2D eigenvalue weighted by Crippen LogP contribution is -2.45. The van der Waals surface area contributed by atoms with Gasteiger partial charge in [-0.25, -0.2) is 0 Å². The van der Waals surface area contributed by atoms with Crippen molar-refractivity contribution in [1.29, 1.82) is 0 Å². The molecule has 1 saturated heterocycles. The summed E-state index contributed by atoms with van der Waals surface area (Å²) in [7, 11) is 0. The molecule has 4 N–H and O–H groups in total. The first-order chi connectivity index (χ1) is 9.00. The van der Waals surface area contributed by atoms with Gasteiger partial charge in [0.15, 0.2) is 6.10 Å². The Balaban J connectivity index is 2.07. The molecule has 0 radical (unpaired) electrons. The molecule has 0 saturated carbocycles. The zero-order valence-corrected chi connectivity index (χ0v) is 10.1. The van der Waals surface area contributed by atoms with Gasteiger partial charge in [0.05, 0.1) is 6.42 Å². The number of hydrogen-bond donors (Lipinski definition) is 4. The zero-order chi connectivity index (χ0) is 14.0. The molecule has 2 rings (SSSR count). The van der Waals surface area contributed by atoms with Crippen LogP contribution in [0.5, 0.6) is 0 Å². The molecule has 1 aromatic carbocycles. The van der Waals surface area contributed by atoms with Crippen LogP contribution in [0.15, 0.2) is 30.3 Å². The molecule has 1 aromatic rings. The first kappa shape index (κ1) is 14.0. The minimum absolute atomic E-state index is 0.226. The standard InChI is InChI=1S/C13H16O6/c14-8-6-9(15)19-13(8)12(18)11(17)10(16)7-4-2-1-3-5-7/h1-5,8,10-14,16-18H,6H2/t8-,10-,11-,12+,13-/m1/s1. The van der Waals surface area contributed by atoms with Gasteiger partial charge in [-0.2, -0.15) is 0 Å². The van der Waals surface area contributed by atoms with Crippen LogP contribution in [0.3, 0.4) is 0 Å². The number of aliphatic hydroxyl groups is 4. The maximum atomic E-state index is 11.0. The van der Waals surface area contributed by atoms with Crippen LogP contribution < -0.4 is 0 Å². The largest absolute Gasteiger partial charge is 0.457 e. The van der Waals surface area contributed by atoms with Crippen molar-refractivity contribution in [2.75, 3.05) is 0 Å². The first-order valence-corrected chi connectivity index (χ1v) is 5.97. The molecule has 5 atom stereocenters. The molecular weight excluding hydrogens is 252 g/mol. The molecule has 6 heteroatoms. The van der Waals surface area contributed by atoms with Crippen molar-refractivity contribution in [2.45, 2.75) is 36.9 Å². The first-order valence-electron chi connectivity index (χ1n) is 5.97. The molecule has 0 aromatic heterocycles. The zero-order valence-electron chi connectivity index (χ0n) is 10.1. The lowest BCUT2D eigenvalue weighted by molar-refractivity contribution is -0.157. The third kappa shape index (κ3) is 2.93. The van der Waals surface area contributed by atoms with E-state index in [4.69, 9.17) is 4.74 Å². The fourth-order valence-corrected chi connectivity index (χ4v) is 2.09. The summed E-state index contributed by atoms with van der Waals surface area (Å²) >= 11 is 0. The fraction of sp³-hybridized carbons (Fsp3) is 0.462. The normalized spacial score (nSPS) is 27.7. The topological polar surface area (TPSA) is 107 Å². The Morgan fingerprint density at radius 2 is 1.79 bits per heavy atom. The molecule has 1 heterocycles. The molecule has 6 nitrogen and oxygen atoms in total. The van der Waals surface area contributed by atoms with Crippen LogP contribution in [-0.4, -0.2) is 50.8 Å². The van der Waals surface area contributed by atoms with Gasteiger partial charge in [-0.3, -0.25) is 4.79 Å². The molecule has 19 heavy (non-hydrogen) atoms. The highest BCUT2D eigenvalue weighted by atomic mass is 16.6. The molecule has 0 spiro atoms. The van der Waals surface area contributed by atoms with Crippen molar-refractivity contribution >= 4 is 5.97 Å². The maximum absolute atomic E-state index is 11.0. The number of benzene rings is 1. The van der Waals surface area contributed by atoms with Crippen molar-refractivity contribution in [1.82, 2.24) is 0 Å². The van der Waals surface area contributed by atoms with Crippen LogP contribution in [0, 0.1) is 0 Å². The van der Waals surface area contributed by atoms with Gasteiger partial charge in [0.1, 0.15) is 24.4 Å². The Morgan fingerprint density at radius 3 is 2.32 bits per heavy atom. The van der Waals surface area contributed by atoms with E-state index >= 15 is 0 Å². The SMILES string of the molecule is O=C1C[C@@H](O)[C@H]([C@@H](O)[C@H](O)[C@H](O)c2ccccc2)O1. The molecular formula is C13H16O6. The van der Waals surface area contributed by atoms with Gasteiger partial charge in [-0.15, -0.1) is 0 Å². The van der Waals surface area contributed by atoms with E-state index in [1.807, 2.05) is 0 Å². The third-order valence-corrected chi connectivity index (χ3v) is 3.17. The van der Waals surface area contributed by atoms with E-state index in [-0.39, 0.29) is 6.42 Å². The van der Waals surface area contributed by atoms with Gasteiger partial charge >= 0.3 is 5.97 Å². The highest BCUT2D eigenvalue weighted by Gasteiger charge is 2.43. The lowest BCUT2D eigenvalue weighted by atomic mass is 9.95. The second-order valence-electron chi connectivity index (χ2n) is 4.56. The predicted octanol–water partition coefficient (Wildman–Crippen LogP) is -0.882. The van der Waals surface area contributed by atoms with Gasteiger partial charge in [0.2, 0.25) is 0 Å². The Labute approximate surface area is 109 Å². The van der Waals surface area contributed by atoms with Gasteiger partial charge in [-0.1, -0.05) is 30.3 Å². The van der Waals surface area contributed by atoms with Crippen LogP contribution in [0.4, 0.5) is 0 Å². The summed E-state index contributed by atoms with van der Waals surface area (Å²) in [4.78, 5) is 11.0. The highest BCUT2D eigenvalue weighted by molar-refractivity contribution is 5.72. The molecule has 1 aliphatic heterocycles.